The molecule has 1 heterocycles. The van der Waals surface area contributed by atoms with Crippen molar-refractivity contribution in [2.75, 3.05) is 7.05 Å². The molecule has 0 fully saturated rings. The molecule has 0 aliphatic heterocycles. The molecule has 4 rings (SSSR count). The number of aromatic amines is 1. The van der Waals surface area contributed by atoms with Gasteiger partial charge in [-0.15, -0.1) is 0 Å². The first-order chi connectivity index (χ1) is 12.8. The number of hydrogen-bond donors (Lipinski definition) is 1. The number of H-pyrrole nitrogens is 1. The number of amides is 1. The summed E-state index contributed by atoms with van der Waals surface area (Å²) < 4.78 is 38.1. The van der Waals surface area contributed by atoms with Crippen molar-refractivity contribution < 1.29 is 18.0 Å². The van der Waals surface area contributed by atoms with Crippen molar-refractivity contribution in [3.63, 3.8) is 0 Å². The summed E-state index contributed by atoms with van der Waals surface area (Å²) in [6.07, 6.45) is -1.99. The number of carbonyl (C=O) groups excluding carboxylic acids is 1. The number of nitrogens with one attached hydrogen (secondary N) is 1. The minimum atomic E-state index is -4.40. The molecule has 0 bridgehead atoms. The molecule has 27 heavy (non-hydrogen) atoms. The van der Waals surface area contributed by atoms with Gasteiger partial charge in [0.05, 0.1) is 5.56 Å². The van der Waals surface area contributed by atoms with E-state index in [1.165, 1.54) is 28.8 Å². The largest absolute Gasteiger partial charge is 0.416 e. The third-order valence-electron chi connectivity index (χ3n) is 5.40. The van der Waals surface area contributed by atoms with Gasteiger partial charge < -0.3 is 9.88 Å². The van der Waals surface area contributed by atoms with Gasteiger partial charge in [0.25, 0.3) is 5.91 Å². The summed E-state index contributed by atoms with van der Waals surface area (Å²) in [6.45, 7) is 0. The number of halogens is 3. The number of hydrogen-bond acceptors (Lipinski definition) is 1. The van der Waals surface area contributed by atoms with Gasteiger partial charge in [-0.2, -0.15) is 13.2 Å². The first-order valence-corrected chi connectivity index (χ1v) is 8.87. The topological polar surface area (TPSA) is 36.1 Å². The Morgan fingerprint density at radius 3 is 2.52 bits per heavy atom. The van der Waals surface area contributed by atoms with Gasteiger partial charge in [0.2, 0.25) is 0 Å². The maximum Gasteiger partial charge on any atom is 0.416 e. The summed E-state index contributed by atoms with van der Waals surface area (Å²) in [7, 11) is 1.73. The van der Waals surface area contributed by atoms with E-state index in [-0.39, 0.29) is 17.5 Å². The van der Waals surface area contributed by atoms with Crippen molar-refractivity contribution in [2.24, 2.45) is 0 Å². The van der Waals surface area contributed by atoms with Crippen LogP contribution in [0.1, 0.15) is 33.6 Å². The number of aromatic nitrogens is 1. The zero-order valence-corrected chi connectivity index (χ0v) is 14.8. The third kappa shape index (κ3) is 3.20. The Balaban J connectivity index is 1.54. The van der Waals surface area contributed by atoms with Gasteiger partial charge in [-0.25, -0.2) is 0 Å². The fourth-order valence-corrected chi connectivity index (χ4v) is 3.85. The molecule has 0 saturated carbocycles. The summed E-state index contributed by atoms with van der Waals surface area (Å²) in [5, 5.41) is 1.17. The van der Waals surface area contributed by atoms with E-state index in [1.54, 1.807) is 11.9 Å². The van der Waals surface area contributed by atoms with Crippen LogP contribution < -0.4 is 0 Å². The van der Waals surface area contributed by atoms with Crippen LogP contribution in [0.5, 0.6) is 0 Å². The molecule has 1 amide bonds. The van der Waals surface area contributed by atoms with E-state index in [1.807, 2.05) is 18.2 Å². The second-order valence-electron chi connectivity index (χ2n) is 7.02. The minimum absolute atomic E-state index is 0.0199. The summed E-state index contributed by atoms with van der Waals surface area (Å²) in [5.41, 5.74) is 3.06. The molecule has 1 aliphatic carbocycles. The highest BCUT2D eigenvalue weighted by Gasteiger charge is 2.31. The number of para-hydroxylation sites is 1. The fraction of sp³-hybridized carbons (Fsp3) is 0.286. The van der Waals surface area contributed by atoms with Crippen molar-refractivity contribution >= 4 is 16.8 Å². The van der Waals surface area contributed by atoms with E-state index in [9.17, 15) is 18.0 Å². The molecule has 3 aromatic rings. The quantitative estimate of drug-likeness (QED) is 0.688. The standard InChI is InChI=1S/C21H19F3N2O/c1-26(20(27)13-6-8-14(9-7-13)21(22,23)24)15-10-11-19-17(12-15)16-4-2-3-5-18(16)25-19/h2-9,15,25H,10-12H2,1H3. The zero-order chi connectivity index (χ0) is 19.2. The number of carbonyl (C=O) groups is 1. The molecule has 140 valence electrons. The zero-order valence-electron chi connectivity index (χ0n) is 14.8. The van der Waals surface area contributed by atoms with Gasteiger partial charge in [0.1, 0.15) is 0 Å². The molecule has 0 spiro atoms. The van der Waals surface area contributed by atoms with Crippen LogP contribution in [0.25, 0.3) is 10.9 Å². The van der Waals surface area contributed by atoms with E-state index in [4.69, 9.17) is 0 Å². The predicted octanol–water partition coefficient (Wildman–Crippen LogP) is 4.82. The Morgan fingerprint density at radius 2 is 1.81 bits per heavy atom. The van der Waals surface area contributed by atoms with Crippen LogP contribution in [-0.2, 0) is 19.0 Å². The molecule has 2 aromatic carbocycles. The summed E-state index contributed by atoms with van der Waals surface area (Å²) in [6, 6.07) is 12.5. The van der Waals surface area contributed by atoms with Crippen molar-refractivity contribution in [1.82, 2.24) is 9.88 Å². The van der Waals surface area contributed by atoms with Crippen LogP contribution in [0.4, 0.5) is 13.2 Å². The highest BCUT2D eigenvalue weighted by atomic mass is 19.4. The van der Waals surface area contributed by atoms with Gasteiger partial charge in [0.15, 0.2) is 0 Å². The van der Waals surface area contributed by atoms with Crippen molar-refractivity contribution in [3.8, 4) is 0 Å². The normalized spacial score (nSPS) is 17.0. The molecule has 1 aromatic heterocycles. The average Bonchev–Trinajstić information content (AvgIpc) is 3.04. The van der Waals surface area contributed by atoms with Crippen molar-refractivity contribution in [3.05, 3.63) is 70.9 Å². The van der Waals surface area contributed by atoms with Crippen molar-refractivity contribution in [2.45, 2.75) is 31.5 Å². The summed E-state index contributed by atoms with van der Waals surface area (Å²) >= 11 is 0. The van der Waals surface area contributed by atoms with Crippen LogP contribution in [0, 0.1) is 0 Å². The highest BCUT2D eigenvalue weighted by Crippen LogP contribution is 2.32. The second kappa shape index (κ2) is 6.44. The first-order valence-electron chi connectivity index (χ1n) is 8.87. The second-order valence-corrected chi connectivity index (χ2v) is 7.02. The Bertz CT molecular complexity index is 989. The van der Waals surface area contributed by atoms with E-state index in [0.717, 1.165) is 36.9 Å². The Kier molecular flexibility index (Phi) is 4.21. The maximum atomic E-state index is 12.8. The molecule has 6 heteroatoms. The number of rotatable bonds is 2. The first kappa shape index (κ1) is 17.6. The summed E-state index contributed by atoms with van der Waals surface area (Å²) in [5.74, 6) is -0.253. The lowest BCUT2D eigenvalue weighted by molar-refractivity contribution is -0.137. The van der Waals surface area contributed by atoms with Gasteiger partial charge in [-0.1, -0.05) is 18.2 Å². The molecular formula is C21H19F3N2O. The SMILES string of the molecule is CN(C(=O)c1ccc(C(F)(F)F)cc1)C1CCc2[nH]c3ccccc3c2C1. The van der Waals surface area contributed by atoms with E-state index < -0.39 is 11.7 Å². The van der Waals surface area contributed by atoms with Crippen molar-refractivity contribution in [1.29, 1.82) is 0 Å². The molecule has 0 radical (unpaired) electrons. The van der Waals surface area contributed by atoms with Crippen LogP contribution in [0.3, 0.4) is 0 Å². The number of nitrogens with zero attached hydrogens (tertiary/aromatic N) is 1. The molecular weight excluding hydrogens is 353 g/mol. The van der Waals surface area contributed by atoms with E-state index in [2.05, 4.69) is 11.1 Å². The molecule has 3 nitrogen and oxygen atoms in total. The lowest BCUT2D eigenvalue weighted by Crippen LogP contribution is -2.40. The monoisotopic (exact) mass is 372 g/mol. The highest BCUT2D eigenvalue weighted by molar-refractivity contribution is 5.94. The molecule has 1 N–H and O–H groups in total. The maximum absolute atomic E-state index is 12.8. The third-order valence-corrected chi connectivity index (χ3v) is 5.40. The van der Waals surface area contributed by atoms with Gasteiger partial charge in [0, 0.05) is 35.2 Å². The molecule has 1 atom stereocenters. The average molecular weight is 372 g/mol. The minimum Gasteiger partial charge on any atom is -0.358 e. The van der Waals surface area contributed by atoms with E-state index >= 15 is 0 Å². The molecule has 1 unspecified atom stereocenters. The molecule has 0 saturated heterocycles. The fourth-order valence-electron chi connectivity index (χ4n) is 3.85. The van der Waals surface area contributed by atoms with Gasteiger partial charge >= 0.3 is 6.18 Å². The number of likely N-dealkylation sites (N-methyl/N-ethyl adjacent to an activating group) is 1. The summed E-state index contributed by atoms with van der Waals surface area (Å²) in [4.78, 5) is 17.9. The van der Waals surface area contributed by atoms with Crippen LogP contribution in [0.15, 0.2) is 48.5 Å². The Labute approximate surface area is 154 Å². The van der Waals surface area contributed by atoms with Gasteiger partial charge in [-0.3, -0.25) is 4.79 Å². The van der Waals surface area contributed by atoms with E-state index in [0.29, 0.717) is 0 Å². The van der Waals surface area contributed by atoms with Gasteiger partial charge in [-0.05, 0) is 55.2 Å². The Morgan fingerprint density at radius 1 is 1.11 bits per heavy atom. The lowest BCUT2D eigenvalue weighted by Gasteiger charge is -2.31. The predicted molar refractivity (Wildman–Crippen MR) is 97.6 cm³/mol. The lowest BCUT2D eigenvalue weighted by atomic mass is 9.90. The van der Waals surface area contributed by atoms with Crippen LogP contribution in [0.2, 0.25) is 0 Å². The smallest absolute Gasteiger partial charge is 0.358 e. The number of benzene rings is 2. The van der Waals surface area contributed by atoms with Crippen LogP contribution >= 0.6 is 0 Å². The number of alkyl halides is 3. The number of aryl methyl sites for hydroxylation is 1. The number of fused-ring (bicyclic) bond motifs is 3. The van der Waals surface area contributed by atoms with Crippen LogP contribution in [-0.4, -0.2) is 28.9 Å². The Hall–Kier alpha value is -2.76. The molecule has 1 aliphatic rings.